The third kappa shape index (κ3) is 2.17. The molecular weight excluding hydrogens is 343 g/mol. The van der Waals surface area contributed by atoms with Crippen molar-refractivity contribution in [2.75, 3.05) is 0 Å². The van der Waals surface area contributed by atoms with E-state index in [0.717, 1.165) is 10.6 Å². The zero-order valence-electron chi connectivity index (χ0n) is 8.32. The van der Waals surface area contributed by atoms with Crippen LogP contribution in [0.4, 0.5) is 8.78 Å². The summed E-state index contributed by atoms with van der Waals surface area (Å²) < 4.78 is 28.4. The first kappa shape index (κ1) is 12.0. The summed E-state index contributed by atoms with van der Waals surface area (Å²) in [6.07, 6.45) is 1.43. The molecule has 0 amide bonds. The maximum Gasteiger partial charge on any atom is 0.352 e. The van der Waals surface area contributed by atoms with E-state index in [-0.39, 0.29) is 11.4 Å². The van der Waals surface area contributed by atoms with Gasteiger partial charge in [-0.25, -0.2) is 13.6 Å². The van der Waals surface area contributed by atoms with Crippen LogP contribution >= 0.6 is 22.6 Å². The average Bonchev–Trinajstić information content (AvgIpc) is 2.64. The van der Waals surface area contributed by atoms with E-state index in [4.69, 9.17) is 5.11 Å². The van der Waals surface area contributed by atoms with Gasteiger partial charge >= 0.3 is 5.97 Å². The lowest BCUT2D eigenvalue weighted by Gasteiger charge is -2.07. The van der Waals surface area contributed by atoms with Gasteiger partial charge in [-0.2, -0.15) is 0 Å². The Labute approximate surface area is 109 Å². The number of carboxylic acids is 1. The lowest BCUT2D eigenvalue weighted by Crippen LogP contribution is -2.07. The molecule has 2 aromatic rings. The molecule has 0 spiro atoms. The Morgan fingerprint density at radius 1 is 1.35 bits per heavy atom. The van der Waals surface area contributed by atoms with Crippen LogP contribution in [0.1, 0.15) is 10.5 Å². The molecule has 17 heavy (non-hydrogen) atoms. The van der Waals surface area contributed by atoms with Gasteiger partial charge in [0.1, 0.15) is 5.69 Å². The van der Waals surface area contributed by atoms with E-state index in [9.17, 15) is 13.6 Å². The summed E-state index contributed by atoms with van der Waals surface area (Å²) in [5, 5.41) is 8.96. The molecule has 0 aliphatic heterocycles. The van der Waals surface area contributed by atoms with E-state index in [2.05, 4.69) is 0 Å². The SMILES string of the molecule is O=C(O)c1cc(I)cn1-c1cccc(F)c1F. The highest BCUT2D eigenvalue weighted by Crippen LogP contribution is 2.21. The molecule has 1 N–H and O–H groups in total. The molecule has 0 fully saturated rings. The van der Waals surface area contributed by atoms with Crippen LogP contribution in [0.15, 0.2) is 30.5 Å². The minimum atomic E-state index is -1.20. The standard InChI is InChI=1S/C11H6F2INO2/c12-7-2-1-3-8(10(7)13)15-5-6(14)4-9(15)11(16)17/h1-5H,(H,16,17). The molecule has 0 radical (unpaired) electrons. The largest absolute Gasteiger partial charge is 0.477 e. The zero-order valence-corrected chi connectivity index (χ0v) is 10.5. The fourth-order valence-electron chi connectivity index (χ4n) is 1.47. The Hall–Kier alpha value is -1.44. The normalized spacial score (nSPS) is 10.5. The summed E-state index contributed by atoms with van der Waals surface area (Å²) in [7, 11) is 0. The van der Waals surface area contributed by atoms with Crippen LogP contribution in [0.2, 0.25) is 0 Å². The Kier molecular flexibility index (Phi) is 3.14. The molecule has 1 heterocycles. The van der Waals surface area contributed by atoms with Gasteiger partial charge in [0.05, 0.1) is 5.69 Å². The molecule has 1 aromatic heterocycles. The van der Waals surface area contributed by atoms with E-state index in [1.54, 1.807) is 0 Å². The summed E-state index contributed by atoms with van der Waals surface area (Å²) >= 11 is 1.91. The Morgan fingerprint density at radius 3 is 2.71 bits per heavy atom. The van der Waals surface area contributed by atoms with Crippen LogP contribution in [0, 0.1) is 15.2 Å². The minimum Gasteiger partial charge on any atom is -0.477 e. The topological polar surface area (TPSA) is 42.2 Å². The monoisotopic (exact) mass is 349 g/mol. The van der Waals surface area contributed by atoms with Crippen LogP contribution in [-0.4, -0.2) is 15.6 Å². The van der Waals surface area contributed by atoms with Gasteiger partial charge in [-0.05, 0) is 40.8 Å². The number of benzene rings is 1. The molecule has 88 valence electrons. The first-order chi connectivity index (χ1) is 8.00. The van der Waals surface area contributed by atoms with Crippen molar-refractivity contribution in [1.29, 1.82) is 0 Å². The summed E-state index contributed by atoms with van der Waals surface area (Å²) in [5.74, 6) is -3.28. The van der Waals surface area contributed by atoms with Gasteiger partial charge in [0, 0.05) is 9.77 Å². The Morgan fingerprint density at radius 2 is 2.06 bits per heavy atom. The quantitative estimate of drug-likeness (QED) is 0.847. The Bertz CT molecular complexity index is 595. The smallest absolute Gasteiger partial charge is 0.352 e. The Balaban J connectivity index is 2.68. The van der Waals surface area contributed by atoms with Crippen LogP contribution in [0.25, 0.3) is 5.69 Å². The second-order valence-corrected chi connectivity index (χ2v) is 4.54. The van der Waals surface area contributed by atoms with E-state index in [1.165, 1.54) is 24.4 Å². The van der Waals surface area contributed by atoms with Gasteiger partial charge in [-0.3, -0.25) is 0 Å². The molecule has 0 saturated heterocycles. The molecule has 1 aromatic carbocycles. The molecule has 0 aliphatic rings. The van der Waals surface area contributed by atoms with Crippen molar-refractivity contribution in [3.63, 3.8) is 0 Å². The summed E-state index contributed by atoms with van der Waals surface area (Å²) in [5.41, 5.74) is -0.232. The second-order valence-electron chi connectivity index (χ2n) is 3.29. The third-order valence-electron chi connectivity index (χ3n) is 2.20. The summed E-state index contributed by atoms with van der Waals surface area (Å²) in [6.45, 7) is 0. The highest BCUT2D eigenvalue weighted by Gasteiger charge is 2.17. The van der Waals surface area contributed by atoms with Gasteiger partial charge in [-0.1, -0.05) is 6.07 Å². The third-order valence-corrected chi connectivity index (χ3v) is 2.79. The lowest BCUT2D eigenvalue weighted by atomic mass is 10.3. The van der Waals surface area contributed by atoms with Crippen molar-refractivity contribution in [3.05, 3.63) is 51.4 Å². The molecule has 0 saturated carbocycles. The van der Waals surface area contributed by atoms with E-state index < -0.39 is 17.6 Å². The maximum absolute atomic E-state index is 13.5. The number of hydrogen-bond donors (Lipinski definition) is 1. The molecule has 0 aliphatic carbocycles. The van der Waals surface area contributed by atoms with E-state index in [1.807, 2.05) is 22.6 Å². The van der Waals surface area contributed by atoms with E-state index in [0.29, 0.717) is 3.57 Å². The first-order valence-corrected chi connectivity index (χ1v) is 5.64. The number of aromatic carboxylic acids is 1. The first-order valence-electron chi connectivity index (χ1n) is 4.56. The van der Waals surface area contributed by atoms with Gasteiger partial charge in [0.15, 0.2) is 11.6 Å². The fourth-order valence-corrected chi connectivity index (χ4v) is 2.05. The highest BCUT2D eigenvalue weighted by molar-refractivity contribution is 14.1. The predicted molar refractivity (Wildman–Crippen MR) is 65.4 cm³/mol. The fraction of sp³-hybridized carbons (Fsp3) is 0. The van der Waals surface area contributed by atoms with E-state index >= 15 is 0 Å². The number of halogens is 3. The van der Waals surface area contributed by atoms with Crippen LogP contribution in [0.5, 0.6) is 0 Å². The molecule has 0 bridgehead atoms. The van der Waals surface area contributed by atoms with Crippen molar-refractivity contribution in [2.24, 2.45) is 0 Å². The lowest BCUT2D eigenvalue weighted by molar-refractivity contribution is 0.0688. The highest BCUT2D eigenvalue weighted by atomic mass is 127. The number of carboxylic acid groups (broad SMARTS) is 1. The molecule has 6 heteroatoms. The minimum absolute atomic E-state index is 0.112. The van der Waals surface area contributed by atoms with Crippen molar-refractivity contribution < 1.29 is 18.7 Å². The predicted octanol–water partition coefficient (Wildman–Crippen LogP) is 3.06. The number of carbonyl (C=O) groups is 1. The molecule has 0 atom stereocenters. The van der Waals surface area contributed by atoms with Crippen LogP contribution in [-0.2, 0) is 0 Å². The van der Waals surface area contributed by atoms with Crippen LogP contribution in [0.3, 0.4) is 0 Å². The van der Waals surface area contributed by atoms with Gasteiger partial charge < -0.3 is 9.67 Å². The number of hydrogen-bond acceptors (Lipinski definition) is 1. The number of rotatable bonds is 2. The van der Waals surface area contributed by atoms with Crippen LogP contribution < -0.4 is 0 Å². The second kappa shape index (κ2) is 4.44. The molecular formula is C11H6F2INO2. The van der Waals surface area contributed by atoms with Gasteiger partial charge in [-0.15, -0.1) is 0 Å². The zero-order chi connectivity index (χ0) is 12.6. The average molecular weight is 349 g/mol. The summed E-state index contributed by atoms with van der Waals surface area (Å²) in [6, 6.07) is 5.01. The molecule has 3 nitrogen and oxygen atoms in total. The van der Waals surface area contributed by atoms with Crippen molar-refractivity contribution in [2.45, 2.75) is 0 Å². The number of aromatic nitrogens is 1. The van der Waals surface area contributed by atoms with Crippen molar-refractivity contribution in [3.8, 4) is 5.69 Å². The molecule has 0 unspecified atom stereocenters. The van der Waals surface area contributed by atoms with Gasteiger partial charge in [0.25, 0.3) is 0 Å². The molecule has 2 rings (SSSR count). The number of nitrogens with zero attached hydrogens (tertiary/aromatic N) is 1. The van der Waals surface area contributed by atoms with Crippen molar-refractivity contribution >= 4 is 28.6 Å². The maximum atomic E-state index is 13.5. The van der Waals surface area contributed by atoms with Crippen molar-refractivity contribution in [1.82, 2.24) is 4.57 Å². The summed E-state index contributed by atoms with van der Waals surface area (Å²) in [4.78, 5) is 11.0. The van der Waals surface area contributed by atoms with Gasteiger partial charge in [0.2, 0.25) is 0 Å².